The molecule has 0 amide bonds. The van der Waals surface area contributed by atoms with E-state index in [1.165, 1.54) is 6.07 Å². The average molecular weight is 237 g/mol. The van der Waals surface area contributed by atoms with Gasteiger partial charge in [0.15, 0.2) is 0 Å². The van der Waals surface area contributed by atoms with Gasteiger partial charge in [-0.25, -0.2) is 0 Å². The lowest BCUT2D eigenvalue weighted by Crippen LogP contribution is -2.37. The molecule has 0 radical (unpaired) electrons. The van der Waals surface area contributed by atoms with Crippen molar-refractivity contribution in [2.75, 3.05) is 0 Å². The Morgan fingerprint density at radius 1 is 1.47 bits per heavy atom. The van der Waals surface area contributed by atoms with E-state index in [1.807, 2.05) is 27.7 Å². The molecule has 1 aromatic heterocycles. The summed E-state index contributed by atoms with van der Waals surface area (Å²) in [5.74, 6) is 0. The molecule has 0 aromatic carbocycles. The third kappa shape index (κ3) is 3.49. The first-order chi connectivity index (χ1) is 7.71. The summed E-state index contributed by atoms with van der Waals surface area (Å²) >= 11 is 0. The molecule has 1 aromatic rings. The van der Waals surface area contributed by atoms with Crippen LogP contribution in [0.3, 0.4) is 0 Å². The zero-order valence-electron chi connectivity index (χ0n) is 10.7. The summed E-state index contributed by atoms with van der Waals surface area (Å²) in [6.07, 6.45) is 0.418. The Morgan fingerprint density at radius 2 is 2.06 bits per heavy atom. The number of nitro groups is 1. The van der Waals surface area contributed by atoms with Crippen LogP contribution in [-0.4, -0.2) is 15.9 Å². The third-order valence-corrected chi connectivity index (χ3v) is 2.81. The van der Waals surface area contributed by atoms with Crippen molar-refractivity contribution >= 4 is 5.69 Å². The summed E-state index contributed by atoms with van der Waals surface area (Å²) in [5, 5.41) is 10.9. The van der Waals surface area contributed by atoms with Crippen molar-refractivity contribution in [1.29, 1.82) is 0 Å². The molecule has 1 heterocycles. The molecule has 5 heteroatoms. The van der Waals surface area contributed by atoms with Crippen molar-refractivity contribution in [2.24, 2.45) is 11.1 Å². The van der Waals surface area contributed by atoms with Gasteiger partial charge in [0.2, 0.25) is 0 Å². The van der Waals surface area contributed by atoms with Crippen LogP contribution in [0.4, 0.5) is 5.69 Å². The van der Waals surface area contributed by atoms with Gasteiger partial charge in [-0.1, -0.05) is 20.8 Å². The maximum Gasteiger partial charge on any atom is 0.290 e. The van der Waals surface area contributed by atoms with Crippen LogP contribution in [0, 0.1) is 22.5 Å². The Labute approximate surface area is 101 Å². The normalized spacial score (nSPS) is 13.5. The topological polar surface area (TPSA) is 82.0 Å². The highest BCUT2D eigenvalue weighted by Gasteiger charge is 2.25. The molecule has 2 N–H and O–H groups in total. The lowest BCUT2D eigenvalue weighted by Gasteiger charge is -2.26. The number of aromatic nitrogens is 1. The van der Waals surface area contributed by atoms with Crippen molar-refractivity contribution in [2.45, 2.75) is 40.2 Å². The molecule has 94 valence electrons. The second-order valence-corrected chi connectivity index (χ2v) is 5.35. The molecule has 0 bridgehead atoms. The van der Waals surface area contributed by atoms with Gasteiger partial charge in [-0.3, -0.25) is 15.1 Å². The van der Waals surface area contributed by atoms with Crippen molar-refractivity contribution in [3.05, 3.63) is 33.6 Å². The van der Waals surface area contributed by atoms with E-state index in [9.17, 15) is 10.1 Å². The molecular formula is C12H19N3O2. The first-order valence-corrected chi connectivity index (χ1v) is 5.58. The van der Waals surface area contributed by atoms with Crippen molar-refractivity contribution in [3.63, 3.8) is 0 Å². The van der Waals surface area contributed by atoms with Crippen molar-refractivity contribution in [1.82, 2.24) is 4.98 Å². The van der Waals surface area contributed by atoms with Gasteiger partial charge in [0.05, 0.1) is 4.92 Å². The molecule has 0 aliphatic heterocycles. The molecule has 1 rings (SSSR count). The Balaban J connectivity index is 3.04. The number of nitrogens with zero attached hydrogens (tertiary/aromatic N) is 2. The Bertz CT molecular complexity index is 424. The number of pyridine rings is 1. The van der Waals surface area contributed by atoms with E-state index in [1.54, 1.807) is 6.07 Å². The molecule has 1 unspecified atom stereocenters. The monoisotopic (exact) mass is 237 g/mol. The largest absolute Gasteiger partial charge is 0.327 e. The number of rotatable bonds is 3. The van der Waals surface area contributed by atoms with Gasteiger partial charge in [0, 0.05) is 24.2 Å². The Hall–Kier alpha value is -1.49. The Morgan fingerprint density at radius 3 is 2.53 bits per heavy atom. The zero-order valence-corrected chi connectivity index (χ0v) is 10.7. The van der Waals surface area contributed by atoms with Gasteiger partial charge in [0.25, 0.3) is 5.69 Å². The van der Waals surface area contributed by atoms with Crippen LogP contribution in [0.1, 0.15) is 32.2 Å². The van der Waals surface area contributed by atoms with Crippen LogP contribution >= 0.6 is 0 Å². The first kappa shape index (κ1) is 13.6. The number of hydrogen-bond donors (Lipinski definition) is 1. The summed E-state index contributed by atoms with van der Waals surface area (Å²) in [5.41, 5.74) is 7.23. The van der Waals surface area contributed by atoms with E-state index >= 15 is 0 Å². The SMILES string of the molecule is Cc1ccc([N+](=O)[O-])c(CC(N)C(C)(C)C)n1. The summed E-state index contributed by atoms with van der Waals surface area (Å²) in [7, 11) is 0. The number of hydrogen-bond acceptors (Lipinski definition) is 4. The van der Waals surface area contributed by atoms with Crippen LogP contribution in [0.15, 0.2) is 12.1 Å². The molecule has 1 atom stereocenters. The van der Waals surface area contributed by atoms with E-state index in [2.05, 4.69) is 4.98 Å². The van der Waals surface area contributed by atoms with Gasteiger partial charge in [-0.2, -0.15) is 0 Å². The van der Waals surface area contributed by atoms with Gasteiger partial charge in [-0.15, -0.1) is 0 Å². The van der Waals surface area contributed by atoms with E-state index in [4.69, 9.17) is 5.73 Å². The Kier molecular flexibility index (Phi) is 3.83. The third-order valence-electron chi connectivity index (χ3n) is 2.81. The minimum atomic E-state index is -0.406. The molecule has 5 nitrogen and oxygen atoms in total. The predicted molar refractivity (Wildman–Crippen MR) is 66.8 cm³/mol. The molecule has 0 aliphatic carbocycles. The lowest BCUT2D eigenvalue weighted by molar-refractivity contribution is -0.386. The quantitative estimate of drug-likeness (QED) is 0.645. The van der Waals surface area contributed by atoms with Gasteiger partial charge >= 0.3 is 0 Å². The van der Waals surface area contributed by atoms with Gasteiger partial charge in [0.1, 0.15) is 5.69 Å². The van der Waals surface area contributed by atoms with Crippen LogP contribution in [0.25, 0.3) is 0 Å². The highest BCUT2D eigenvalue weighted by molar-refractivity contribution is 5.36. The fraction of sp³-hybridized carbons (Fsp3) is 0.583. The van der Waals surface area contributed by atoms with Crippen LogP contribution in [0.5, 0.6) is 0 Å². The van der Waals surface area contributed by atoms with Crippen LogP contribution in [0.2, 0.25) is 0 Å². The lowest BCUT2D eigenvalue weighted by atomic mass is 9.84. The highest BCUT2D eigenvalue weighted by Crippen LogP contribution is 2.24. The summed E-state index contributed by atoms with van der Waals surface area (Å²) in [6, 6.07) is 2.98. The fourth-order valence-corrected chi connectivity index (χ4v) is 1.43. The molecular weight excluding hydrogens is 218 g/mol. The fourth-order valence-electron chi connectivity index (χ4n) is 1.43. The van der Waals surface area contributed by atoms with E-state index in [0.717, 1.165) is 5.69 Å². The second-order valence-electron chi connectivity index (χ2n) is 5.35. The summed E-state index contributed by atoms with van der Waals surface area (Å²) in [6.45, 7) is 7.85. The summed E-state index contributed by atoms with van der Waals surface area (Å²) in [4.78, 5) is 14.7. The maximum absolute atomic E-state index is 10.9. The average Bonchev–Trinajstić information content (AvgIpc) is 2.15. The second kappa shape index (κ2) is 4.79. The molecule has 0 fully saturated rings. The van der Waals surface area contributed by atoms with Gasteiger partial charge in [-0.05, 0) is 18.4 Å². The van der Waals surface area contributed by atoms with E-state index in [-0.39, 0.29) is 17.1 Å². The number of aryl methyl sites for hydroxylation is 1. The van der Waals surface area contributed by atoms with E-state index < -0.39 is 4.92 Å². The first-order valence-electron chi connectivity index (χ1n) is 5.58. The van der Waals surface area contributed by atoms with Crippen molar-refractivity contribution < 1.29 is 4.92 Å². The predicted octanol–water partition coefficient (Wildman–Crippen LogP) is 2.21. The maximum atomic E-state index is 10.9. The molecule has 0 aliphatic rings. The molecule has 0 spiro atoms. The minimum absolute atomic E-state index is 0.0512. The smallest absolute Gasteiger partial charge is 0.290 e. The van der Waals surface area contributed by atoms with Gasteiger partial charge < -0.3 is 5.73 Å². The van der Waals surface area contributed by atoms with Crippen molar-refractivity contribution in [3.8, 4) is 0 Å². The van der Waals surface area contributed by atoms with Crippen LogP contribution in [-0.2, 0) is 6.42 Å². The van der Waals surface area contributed by atoms with E-state index in [0.29, 0.717) is 12.1 Å². The standard InChI is InChI=1S/C12H19N3O2/c1-8-5-6-10(15(16)17)9(14-8)7-11(13)12(2,3)4/h5-6,11H,7,13H2,1-4H3. The highest BCUT2D eigenvalue weighted by atomic mass is 16.6. The van der Waals surface area contributed by atoms with Crippen LogP contribution < -0.4 is 5.73 Å². The zero-order chi connectivity index (χ0) is 13.2. The summed E-state index contributed by atoms with van der Waals surface area (Å²) < 4.78 is 0. The molecule has 0 saturated carbocycles. The molecule has 0 saturated heterocycles. The minimum Gasteiger partial charge on any atom is -0.327 e. The molecule has 17 heavy (non-hydrogen) atoms. The number of nitrogens with two attached hydrogens (primary N) is 1.